The van der Waals surface area contributed by atoms with Crippen LogP contribution in [0.2, 0.25) is 0 Å². The summed E-state index contributed by atoms with van der Waals surface area (Å²) in [4.78, 5) is 1.26. The highest BCUT2D eigenvalue weighted by Gasteiger charge is 2.31. The van der Waals surface area contributed by atoms with E-state index in [-0.39, 0.29) is 13.1 Å². The zero-order valence-electron chi connectivity index (χ0n) is 15.4. The third-order valence-electron chi connectivity index (χ3n) is 4.73. The SMILES string of the molecule is COc1ccc(CN2CCCN(S(=O)(=O)c3ccc(F)c(F)c3F)CC2)cc1. The molecule has 2 aromatic rings. The van der Waals surface area contributed by atoms with Gasteiger partial charge in [-0.15, -0.1) is 0 Å². The molecule has 28 heavy (non-hydrogen) atoms. The first-order valence-corrected chi connectivity index (χ1v) is 10.3. The Morgan fingerprint density at radius 3 is 2.32 bits per heavy atom. The monoisotopic (exact) mass is 414 g/mol. The highest BCUT2D eigenvalue weighted by Crippen LogP contribution is 2.24. The summed E-state index contributed by atoms with van der Waals surface area (Å²) >= 11 is 0. The molecule has 1 heterocycles. The van der Waals surface area contributed by atoms with Gasteiger partial charge < -0.3 is 4.74 Å². The van der Waals surface area contributed by atoms with Crippen molar-refractivity contribution in [3.8, 4) is 5.75 Å². The van der Waals surface area contributed by atoms with Gasteiger partial charge in [-0.25, -0.2) is 21.6 Å². The van der Waals surface area contributed by atoms with Crippen molar-refractivity contribution in [2.75, 3.05) is 33.3 Å². The van der Waals surface area contributed by atoms with Gasteiger partial charge in [0, 0.05) is 26.2 Å². The Balaban J connectivity index is 1.71. The highest BCUT2D eigenvalue weighted by molar-refractivity contribution is 7.89. The normalized spacial score (nSPS) is 16.7. The molecule has 0 amide bonds. The first kappa shape index (κ1) is 20.6. The van der Waals surface area contributed by atoms with Crippen molar-refractivity contribution in [1.29, 1.82) is 0 Å². The molecule has 0 N–H and O–H groups in total. The Bertz CT molecular complexity index is 936. The maximum absolute atomic E-state index is 14.0. The second kappa shape index (κ2) is 8.50. The zero-order chi connectivity index (χ0) is 20.3. The molecule has 2 aromatic carbocycles. The molecule has 1 fully saturated rings. The second-order valence-electron chi connectivity index (χ2n) is 6.56. The summed E-state index contributed by atoms with van der Waals surface area (Å²) in [5, 5.41) is 0. The lowest BCUT2D eigenvalue weighted by molar-refractivity contribution is 0.278. The van der Waals surface area contributed by atoms with E-state index in [1.807, 2.05) is 24.3 Å². The third-order valence-corrected chi connectivity index (χ3v) is 6.65. The molecule has 0 aliphatic carbocycles. The first-order chi connectivity index (χ1) is 13.3. The van der Waals surface area contributed by atoms with Crippen LogP contribution in [0.1, 0.15) is 12.0 Å². The van der Waals surface area contributed by atoms with Gasteiger partial charge in [-0.3, -0.25) is 4.90 Å². The lowest BCUT2D eigenvalue weighted by Crippen LogP contribution is -2.35. The summed E-state index contributed by atoms with van der Waals surface area (Å²) in [6.07, 6.45) is 0.542. The summed E-state index contributed by atoms with van der Waals surface area (Å²) in [7, 11) is -2.66. The smallest absolute Gasteiger partial charge is 0.246 e. The molecule has 9 heteroatoms. The molecule has 152 valence electrons. The maximum atomic E-state index is 14.0. The Kier molecular flexibility index (Phi) is 6.26. The van der Waals surface area contributed by atoms with Gasteiger partial charge in [0.25, 0.3) is 0 Å². The van der Waals surface area contributed by atoms with Gasteiger partial charge in [0.05, 0.1) is 7.11 Å². The van der Waals surface area contributed by atoms with E-state index in [2.05, 4.69) is 4.90 Å². The van der Waals surface area contributed by atoms with Crippen molar-refractivity contribution in [1.82, 2.24) is 9.21 Å². The largest absolute Gasteiger partial charge is 0.497 e. The number of hydrogen-bond acceptors (Lipinski definition) is 4. The summed E-state index contributed by atoms with van der Waals surface area (Å²) in [5.41, 5.74) is 1.06. The van der Waals surface area contributed by atoms with E-state index in [0.29, 0.717) is 32.1 Å². The molecule has 0 atom stereocenters. The van der Waals surface area contributed by atoms with Crippen LogP contribution >= 0.6 is 0 Å². The van der Waals surface area contributed by atoms with E-state index in [1.54, 1.807) is 7.11 Å². The average Bonchev–Trinajstić information content (AvgIpc) is 2.93. The Morgan fingerprint density at radius 2 is 1.64 bits per heavy atom. The fourth-order valence-corrected chi connectivity index (χ4v) is 4.71. The van der Waals surface area contributed by atoms with Crippen LogP contribution in [0.3, 0.4) is 0 Å². The number of halogens is 3. The Labute approximate surface area is 162 Å². The number of hydrogen-bond donors (Lipinski definition) is 0. The van der Waals surface area contributed by atoms with Crippen LogP contribution in [0.5, 0.6) is 5.75 Å². The first-order valence-electron chi connectivity index (χ1n) is 8.82. The van der Waals surface area contributed by atoms with Gasteiger partial charge in [-0.1, -0.05) is 12.1 Å². The van der Waals surface area contributed by atoms with Crippen molar-refractivity contribution in [2.24, 2.45) is 0 Å². The van der Waals surface area contributed by atoms with Crippen molar-refractivity contribution >= 4 is 10.0 Å². The topological polar surface area (TPSA) is 49.9 Å². The standard InChI is InChI=1S/C19H21F3N2O3S/c1-27-15-5-3-14(4-6-15)13-23-9-2-10-24(12-11-23)28(25,26)17-8-7-16(20)18(21)19(17)22/h3-8H,2,9-13H2,1H3. The molecule has 0 aromatic heterocycles. The van der Waals surface area contributed by atoms with E-state index in [4.69, 9.17) is 4.74 Å². The highest BCUT2D eigenvalue weighted by atomic mass is 32.2. The van der Waals surface area contributed by atoms with Gasteiger partial charge in [0.2, 0.25) is 10.0 Å². The van der Waals surface area contributed by atoms with Crippen LogP contribution in [0.4, 0.5) is 13.2 Å². The van der Waals surface area contributed by atoms with E-state index in [9.17, 15) is 21.6 Å². The summed E-state index contributed by atoms with van der Waals surface area (Å²) in [6, 6.07) is 8.98. The fraction of sp³-hybridized carbons (Fsp3) is 0.368. The predicted molar refractivity (Wildman–Crippen MR) is 98.0 cm³/mol. The van der Waals surface area contributed by atoms with E-state index >= 15 is 0 Å². The van der Waals surface area contributed by atoms with Crippen molar-refractivity contribution < 1.29 is 26.3 Å². The number of sulfonamides is 1. The molecule has 0 saturated carbocycles. The molecular weight excluding hydrogens is 393 g/mol. The fourth-order valence-electron chi connectivity index (χ4n) is 3.18. The van der Waals surface area contributed by atoms with Gasteiger partial charge >= 0.3 is 0 Å². The number of ether oxygens (including phenoxy) is 1. The average molecular weight is 414 g/mol. The summed E-state index contributed by atoms with van der Waals surface area (Å²) < 4.78 is 72.3. The van der Waals surface area contributed by atoms with Crippen molar-refractivity contribution in [2.45, 2.75) is 17.9 Å². The summed E-state index contributed by atoms with van der Waals surface area (Å²) in [5.74, 6) is -4.13. The molecule has 1 saturated heterocycles. The number of rotatable bonds is 5. The van der Waals surface area contributed by atoms with Gasteiger partial charge in [0.1, 0.15) is 10.6 Å². The van der Waals surface area contributed by atoms with E-state index in [1.165, 1.54) is 0 Å². The molecule has 1 aliphatic heterocycles. The van der Waals surface area contributed by atoms with Crippen molar-refractivity contribution in [3.63, 3.8) is 0 Å². The lowest BCUT2D eigenvalue weighted by atomic mass is 10.2. The minimum absolute atomic E-state index is 0.136. The van der Waals surface area contributed by atoms with Gasteiger partial charge in [-0.2, -0.15) is 4.31 Å². The van der Waals surface area contributed by atoms with Crippen LogP contribution in [-0.2, 0) is 16.6 Å². The predicted octanol–water partition coefficient (Wildman–Crippen LogP) is 3.01. The van der Waals surface area contributed by atoms with Crippen molar-refractivity contribution in [3.05, 3.63) is 59.4 Å². The Morgan fingerprint density at radius 1 is 0.929 bits per heavy atom. The van der Waals surface area contributed by atoms with Gasteiger partial charge in [0.15, 0.2) is 17.5 Å². The van der Waals surface area contributed by atoms with Crippen LogP contribution < -0.4 is 4.74 Å². The second-order valence-corrected chi connectivity index (χ2v) is 8.46. The molecule has 0 unspecified atom stereocenters. The zero-order valence-corrected chi connectivity index (χ0v) is 16.2. The molecule has 0 spiro atoms. The van der Waals surface area contributed by atoms with E-state index in [0.717, 1.165) is 21.7 Å². The molecule has 3 rings (SSSR count). The van der Waals surface area contributed by atoms with Crippen LogP contribution in [0.15, 0.2) is 41.3 Å². The Hall–Kier alpha value is -2.10. The van der Waals surface area contributed by atoms with Crippen LogP contribution in [0.25, 0.3) is 0 Å². The number of benzene rings is 2. The molecular formula is C19H21F3N2O3S. The third kappa shape index (κ3) is 4.31. The quantitative estimate of drug-likeness (QED) is 0.706. The minimum Gasteiger partial charge on any atom is -0.497 e. The van der Waals surface area contributed by atoms with E-state index < -0.39 is 32.4 Å². The van der Waals surface area contributed by atoms with Crippen LogP contribution in [-0.4, -0.2) is 50.9 Å². The van der Waals surface area contributed by atoms with Crippen LogP contribution in [0, 0.1) is 17.5 Å². The molecule has 0 radical (unpaired) electrons. The summed E-state index contributed by atoms with van der Waals surface area (Å²) in [6.45, 7) is 2.06. The maximum Gasteiger partial charge on any atom is 0.246 e. The molecule has 0 bridgehead atoms. The lowest BCUT2D eigenvalue weighted by Gasteiger charge is -2.22. The van der Waals surface area contributed by atoms with Gasteiger partial charge in [-0.05, 0) is 42.8 Å². The number of methoxy groups -OCH3 is 1. The minimum atomic E-state index is -4.25. The molecule has 5 nitrogen and oxygen atoms in total. The molecule has 1 aliphatic rings. The number of nitrogens with zero attached hydrogens (tertiary/aromatic N) is 2.